The Morgan fingerprint density at radius 1 is 1.32 bits per heavy atom. The fraction of sp³-hybridized carbons (Fsp3) is 0.421. The maximum atomic E-state index is 12.8. The van der Waals surface area contributed by atoms with Crippen LogP contribution in [0.2, 0.25) is 0 Å². The Labute approximate surface area is 161 Å². The third-order valence-corrected chi connectivity index (χ3v) is 5.17. The van der Waals surface area contributed by atoms with E-state index in [-0.39, 0.29) is 17.3 Å². The number of aromatic nitrogens is 1. The van der Waals surface area contributed by atoms with Gasteiger partial charge in [0, 0.05) is 49.3 Å². The highest BCUT2D eigenvalue weighted by Gasteiger charge is 2.33. The van der Waals surface area contributed by atoms with Crippen LogP contribution in [0.3, 0.4) is 0 Å². The zero-order valence-corrected chi connectivity index (χ0v) is 15.4. The van der Waals surface area contributed by atoms with Crippen molar-refractivity contribution in [3.63, 3.8) is 0 Å². The lowest BCUT2D eigenvalue weighted by molar-refractivity contribution is -0.385. The molecule has 2 heterocycles. The molecule has 28 heavy (non-hydrogen) atoms. The van der Waals surface area contributed by atoms with Crippen molar-refractivity contribution < 1.29 is 14.1 Å². The maximum absolute atomic E-state index is 12.8. The summed E-state index contributed by atoms with van der Waals surface area (Å²) in [5, 5.41) is 20.4. The van der Waals surface area contributed by atoms with Gasteiger partial charge in [0.1, 0.15) is 6.07 Å². The molecule has 2 aliphatic rings. The van der Waals surface area contributed by atoms with Crippen LogP contribution in [-0.4, -0.2) is 46.9 Å². The molecule has 1 aliphatic heterocycles. The molecule has 1 saturated carbocycles. The highest BCUT2D eigenvalue weighted by molar-refractivity contribution is 5.95. The summed E-state index contributed by atoms with van der Waals surface area (Å²) in [7, 11) is 0. The average molecular weight is 381 g/mol. The number of nitriles is 1. The quantitative estimate of drug-likeness (QED) is 0.590. The van der Waals surface area contributed by atoms with Gasteiger partial charge in [-0.25, -0.2) is 4.98 Å². The molecule has 0 unspecified atom stereocenters. The van der Waals surface area contributed by atoms with Crippen LogP contribution in [0.25, 0.3) is 0 Å². The molecule has 9 nitrogen and oxygen atoms in total. The lowest BCUT2D eigenvalue weighted by Crippen LogP contribution is -2.48. The number of carbonyl (C=O) groups is 1. The molecule has 1 aromatic heterocycles. The molecule has 0 bridgehead atoms. The molecule has 4 rings (SSSR count). The number of amides is 1. The zero-order chi connectivity index (χ0) is 19.8. The predicted molar refractivity (Wildman–Crippen MR) is 99.1 cm³/mol. The van der Waals surface area contributed by atoms with E-state index >= 15 is 0 Å². The Balaban J connectivity index is 1.46. The first-order valence-electron chi connectivity index (χ1n) is 9.18. The van der Waals surface area contributed by atoms with Crippen LogP contribution in [0, 0.1) is 28.4 Å². The summed E-state index contributed by atoms with van der Waals surface area (Å²) in [6.45, 7) is 3.53. The fourth-order valence-corrected chi connectivity index (χ4v) is 3.35. The van der Waals surface area contributed by atoms with Crippen LogP contribution in [0.1, 0.15) is 46.3 Å². The van der Waals surface area contributed by atoms with Crippen molar-refractivity contribution in [3.05, 3.63) is 51.0 Å². The van der Waals surface area contributed by atoms with Crippen LogP contribution in [0.15, 0.2) is 22.6 Å². The van der Waals surface area contributed by atoms with Crippen LogP contribution in [-0.2, 0) is 0 Å². The number of piperazine rings is 1. The first-order chi connectivity index (χ1) is 13.5. The molecule has 0 N–H and O–H groups in total. The molecule has 144 valence electrons. The van der Waals surface area contributed by atoms with Gasteiger partial charge in [-0.15, -0.1) is 0 Å². The van der Waals surface area contributed by atoms with Gasteiger partial charge in [-0.1, -0.05) is 6.07 Å². The van der Waals surface area contributed by atoms with E-state index in [9.17, 15) is 20.2 Å². The molecule has 9 heteroatoms. The van der Waals surface area contributed by atoms with Gasteiger partial charge in [0.2, 0.25) is 17.5 Å². The molecule has 0 atom stereocenters. The fourth-order valence-electron chi connectivity index (χ4n) is 3.35. The summed E-state index contributed by atoms with van der Waals surface area (Å²) in [6.07, 6.45) is 2.07. The monoisotopic (exact) mass is 381 g/mol. The SMILES string of the molecule is Cc1ccc(C(=O)N2CCN(c3oc(C4CC4)nc3C#N)CC2)cc1[N+](=O)[O-]. The lowest BCUT2D eigenvalue weighted by Gasteiger charge is -2.34. The molecule has 2 fully saturated rings. The molecule has 2 aromatic rings. The third-order valence-electron chi connectivity index (χ3n) is 5.17. The van der Waals surface area contributed by atoms with Gasteiger partial charge < -0.3 is 14.2 Å². The largest absolute Gasteiger partial charge is 0.423 e. The van der Waals surface area contributed by atoms with E-state index in [4.69, 9.17) is 4.42 Å². The third kappa shape index (κ3) is 3.29. The van der Waals surface area contributed by atoms with Crippen molar-refractivity contribution in [2.45, 2.75) is 25.7 Å². The highest BCUT2D eigenvalue weighted by Crippen LogP contribution is 2.41. The Hall–Kier alpha value is -3.41. The van der Waals surface area contributed by atoms with Crippen molar-refractivity contribution in [3.8, 4) is 6.07 Å². The summed E-state index contributed by atoms with van der Waals surface area (Å²) in [5.74, 6) is 1.18. The normalized spacial score (nSPS) is 16.7. The number of rotatable bonds is 4. The summed E-state index contributed by atoms with van der Waals surface area (Å²) < 4.78 is 5.82. The number of nitro groups is 1. The average Bonchev–Trinajstić information content (AvgIpc) is 3.46. The van der Waals surface area contributed by atoms with E-state index in [2.05, 4.69) is 11.1 Å². The van der Waals surface area contributed by atoms with Crippen molar-refractivity contribution in [1.29, 1.82) is 5.26 Å². The topological polar surface area (TPSA) is 117 Å². The first-order valence-corrected chi connectivity index (χ1v) is 9.18. The number of nitro benzene ring substituents is 1. The minimum atomic E-state index is -0.477. The number of anilines is 1. The van der Waals surface area contributed by atoms with Crippen LogP contribution >= 0.6 is 0 Å². The van der Waals surface area contributed by atoms with E-state index < -0.39 is 4.92 Å². The van der Waals surface area contributed by atoms with Gasteiger partial charge in [0.15, 0.2) is 0 Å². The van der Waals surface area contributed by atoms with Gasteiger partial charge in [0.25, 0.3) is 11.6 Å². The minimum Gasteiger partial charge on any atom is -0.423 e. The molecular formula is C19H19N5O4. The molecule has 1 saturated heterocycles. The smallest absolute Gasteiger partial charge is 0.273 e. The van der Waals surface area contributed by atoms with Gasteiger partial charge in [0.05, 0.1) is 4.92 Å². The van der Waals surface area contributed by atoms with Gasteiger partial charge in [-0.05, 0) is 25.8 Å². The molecule has 0 spiro atoms. The van der Waals surface area contributed by atoms with Gasteiger partial charge in [-0.2, -0.15) is 5.26 Å². The second-order valence-corrected chi connectivity index (χ2v) is 7.13. The Bertz CT molecular complexity index is 981. The number of aryl methyl sites for hydroxylation is 1. The molecule has 1 aromatic carbocycles. The summed E-state index contributed by atoms with van der Waals surface area (Å²) in [5.41, 5.74) is 1.06. The van der Waals surface area contributed by atoms with Crippen LogP contribution < -0.4 is 4.90 Å². The van der Waals surface area contributed by atoms with Crippen molar-refractivity contribution in [2.75, 3.05) is 31.1 Å². The molecule has 1 amide bonds. The number of carbonyl (C=O) groups excluding carboxylic acids is 1. The summed E-state index contributed by atoms with van der Waals surface area (Å²) in [4.78, 5) is 31.3. The second-order valence-electron chi connectivity index (χ2n) is 7.13. The number of hydrogen-bond donors (Lipinski definition) is 0. The number of oxazole rings is 1. The first kappa shape index (κ1) is 18.0. The number of benzene rings is 1. The zero-order valence-electron chi connectivity index (χ0n) is 15.4. The summed E-state index contributed by atoms with van der Waals surface area (Å²) >= 11 is 0. The highest BCUT2D eigenvalue weighted by atomic mass is 16.6. The van der Waals surface area contributed by atoms with E-state index in [1.54, 1.807) is 24.0 Å². The van der Waals surface area contributed by atoms with Gasteiger partial charge >= 0.3 is 0 Å². The Kier molecular flexibility index (Phi) is 4.47. The van der Waals surface area contributed by atoms with E-state index in [0.29, 0.717) is 55.0 Å². The number of nitrogens with zero attached hydrogens (tertiary/aromatic N) is 5. The van der Waals surface area contributed by atoms with Crippen LogP contribution in [0.5, 0.6) is 0 Å². The molecule has 1 aliphatic carbocycles. The molecular weight excluding hydrogens is 362 g/mol. The Morgan fingerprint density at radius 3 is 2.64 bits per heavy atom. The minimum absolute atomic E-state index is 0.0580. The lowest BCUT2D eigenvalue weighted by atomic mass is 10.1. The predicted octanol–water partition coefficient (Wildman–Crippen LogP) is 2.60. The van der Waals surface area contributed by atoms with E-state index in [1.165, 1.54) is 6.07 Å². The van der Waals surface area contributed by atoms with Crippen LogP contribution in [0.4, 0.5) is 11.6 Å². The van der Waals surface area contributed by atoms with E-state index in [0.717, 1.165) is 12.8 Å². The standard InChI is InChI=1S/C19H19N5O4/c1-12-2-3-14(10-16(12)24(26)27)18(25)22-6-8-23(9-7-22)19-15(11-20)21-17(28-19)13-4-5-13/h2-3,10,13H,4-9H2,1H3. The maximum Gasteiger partial charge on any atom is 0.273 e. The molecule has 0 radical (unpaired) electrons. The van der Waals surface area contributed by atoms with Crippen molar-refractivity contribution >= 4 is 17.5 Å². The van der Waals surface area contributed by atoms with Gasteiger partial charge in [-0.3, -0.25) is 14.9 Å². The van der Waals surface area contributed by atoms with E-state index in [1.807, 2.05) is 4.90 Å². The summed E-state index contributed by atoms with van der Waals surface area (Å²) in [6, 6.07) is 6.62. The Morgan fingerprint density at radius 2 is 2.04 bits per heavy atom. The number of hydrogen-bond acceptors (Lipinski definition) is 7. The van der Waals surface area contributed by atoms with Crippen molar-refractivity contribution in [1.82, 2.24) is 9.88 Å². The second kappa shape index (κ2) is 6.96. The van der Waals surface area contributed by atoms with Crippen molar-refractivity contribution in [2.24, 2.45) is 0 Å².